The summed E-state index contributed by atoms with van der Waals surface area (Å²) in [5.41, 5.74) is 2.94. The predicted molar refractivity (Wildman–Crippen MR) is 120 cm³/mol. The number of hydrogen-bond donors (Lipinski definition) is 2. The van der Waals surface area contributed by atoms with Crippen LogP contribution >= 0.6 is 0 Å². The molecule has 1 aromatic heterocycles. The second-order valence-corrected chi connectivity index (χ2v) is 8.13. The Hall–Kier alpha value is -3.71. The summed E-state index contributed by atoms with van der Waals surface area (Å²) < 4.78 is 35.4. The van der Waals surface area contributed by atoms with Gasteiger partial charge in [-0.2, -0.15) is 0 Å². The second kappa shape index (κ2) is 8.33. The number of benzene rings is 3. The van der Waals surface area contributed by atoms with E-state index in [0.29, 0.717) is 40.9 Å². The third-order valence-corrected chi connectivity index (χ3v) is 6.19. The summed E-state index contributed by atoms with van der Waals surface area (Å²) in [4.78, 5) is 11.6. The molecule has 33 heavy (non-hydrogen) atoms. The number of fused-ring (bicyclic) bond motifs is 1. The van der Waals surface area contributed by atoms with Crippen molar-refractivity contribution in [1.82, 2.24) is 4.57 Å². The minimum absolute atomic E-state index is 0.0258. The lowest BCUT2D eigenvalue weighted by Gasteiger charge is -2.26. The summed E-state index contributed by atoms with van der Waals surface area (Å²) in [6.45, 7) is 1.12. The van der Waals surface area contributed by atoms with Crippen LogP contribution in [-0.4, -0.2) is 34.0 Å². The molecule has 2 N–H and O–H groups in total. The summed E-state index contributed by atoms with van der Waals surface area (Å²) in [7, 11) is 0. The van der Waals surface area contributed by atoms with E-state index in [4.69, 9.17) is 4.74 Å². The number of aromatic carboxylic acids is 1. The van der Waals surface area contributed by atoms with Crippen molar-refractivity contribution in [2.75, 3.05) is 13.2 Å². The van der Waals surface area contributed by atoms with E-state index in [9.17, 15) is 23.8 Å². The molecule has 0 unspecified atom stereocenters. The number of phenolic OH excluding ortho intramolecular Hbond substituents is 1. The van der Waals surface area contributed by atoms with Crippen LogP contribution in [0.2, 0.25) is 0 Å². The SMILES string of the molecule is O=C(O)c1cc(-c2c(C3CCOCC3)n(-c3ccc(F)cc3)c3cccc(O)c23)ccc1F. The molecular formula is C26H21F2NO4. The smallest absolute Gasteiger partial charge is 0.338 e. The minimum Gasteiger partial charge on any atom is -0.507 e. The van der Waals surface area contributed by atoms with Gasteiger partial charge in [0.15, 0.2) is 0 Å². The maximum Gasteiger partial charge on any atom is 0.338 e. The Balaban J connectivity index is 1.89. The summed E-state index contributed by atoms with van der Waals surface area (Å²) in [6.07, 6.45) is 1.44. The highest BCUT2D eigenvalue weighted by Crippen LogP contribution is 2.46. The molecule has 5 rings (SSSR count). The zero-order chi connectivity index (χ0) is 23.1. The van der Waals surface area contributed by atoms with E-state index in [-0.39, 0.29) is 17.5 Å². The normalized spacial score (nSPS) is 14.6. The average molecular weight is 449 g/mol. The Bertz CT molecular complexity index is 1360. The van der Waals surface area contributed by atoms with Crippen LogP contribution in [-0.2, 0) is 4.74 Å². The number of phenols is 1. The maximum absolute atomic E-state index is 14.2. The Labute approximate surface area is 188 Å². The summed E-state index contributed by atoms with van der Waals surface area (Å²) in [6, 6.07) is 15.2. The highest BCUT2D eigenvalue weighted by molar-refractivity contribution is 6.04. The van der Waals surface area contributed by atoms with Gasteiger partial charge in [-0.1, -0.05) is 12.1 Å². The number of carboxylic acids is 1. The molecule has 1 saturated heterocycles. The van der Waals surface area contributed by atoms with Gasteiger partial charge in [0.05, 0.1) is 11.1 Å². The molecule has 1 aliphatic rings. The van der Waals surface area contributed by atoms with Crippen molar-refractivity contribution in [3.8, 4) is 22.6 Å². The van der Waals surface area contributed by atoms with Crippen LogP contribution in [0, 0.1) is 11.6 Å². The van der Waals surface area contributed by atoms with Crippen molar-refractivity contribution in [2.24, 2.45) is 0 Å². The summed E-state index contributed by atoms with van der Waals surface area (Å²) in [5, 5.41) is 20.9. The van der Waals surface area contributed by atoms with Crippen LogP contribution in [0.25, 0.3) is 27.7 Å². The van der Waals surface area contributed by atoms with Crippen molar-refractivity contribution in [3.63, 3.8) is 0 Å². The minimum atomic E-state index is -1.37. The number of ether oxygens (including phenoxy) is 1. The Morgan fingerprint density at radius 2 is 1.73 bits per heavy atom. The lowest BCUT2D eigenvalue weighted by molar-refractivity contribution is 0.0692. The van der Waals surface area contributed by atoms with Crippen molar-refractivity contribution in [3.05, 3.63) is 83.6 Å². The first-order valence-corrected chi connectivity index (χ1v) is 10.7. The van der Waals surface area contributed by atoms with E-state index in [0.717, 1.165) is 24.6 Å². The number of hydrogen-bond acceptors (Lipinski definition) is 3. The van der Waals surface area contributed by atoms with Gasteiger partial charge >= 0.3 is 5.97 Å². The number of nitrogens with zero attached hydrogens (tertiary/aromatic N) is 1. The molecule has 5 nitrogen and oxygen atoms in total. The highest BCUT2D eigenvalue weighted by Gasteiger charge is 2.29. The molecule has 0 amide bonds. The molecule has 0 spiro atoms. The summed E-state index contributed by atoms with van der Waals surface area (Å²) in [5.74, 6) is -2.50. The van der Waals surface area contributed by atoms with Crippen molar-refractivity contribution in [1.29, 1.82) is 0 Å². The van der Waals surface area contributed by atoms with Gasteiger partial charge in [0, 0.05) is 41.5 Å². The zero-order valence-electron chi connectivity index (χ0n) is 17.6. The number of carbonyl (C=O) groups is 1. The monoisotopic (exact) mass is 449 g/mol. The van der Waals surface area contributed by atoms with E-state index in [1.54, 1.807) is 24.3 Å². The van der Waals surface area contributed by atoms with Crippen LogP contribution in [0.15, 0.2) is 60.7 Å². The molecule has 2 heterocycles. The van der Waals surface area contributed by atoms with Gasteiger partial charge in [-0.15, -0.1) is 0 Å². The van der Waals surface area contributed by atoms with Crippen molar-refractivity contribution in [2.45, 2.75) is 18.8 Å². The molecule has 0 aliphatic carbocycles. The first-order chi connectivity index (χ1) is 16.0. The number of rotatable bonds is 4. The van der Waals surface area contributed by atoms with Crippen LogP contribution in [0.3, 0.4) is 0 Å². The van der Waals surface area contributed by atoms with E-state index < -0.39 is 17.3 Å². The van der Waals surface area contributed by atoms with Crippen LogP contribution in [0.1, 0.15) is 34.8 Å². The van der Waals surface area contributed by atoms with Crippen molar-refractivity contribution >= 4 is 16.9 Å². The number of aromatic hydroxyl groups is 1. The highest BCUT2D eigenvalue weighted by atomic mass is 19.1. The number of halogens is 2. The lowest BCUT2D eigenvalue weighted by Crippen LogP contribution is -2.17. The van der Waals surface area contributed by atoms with Gasteiger partial charge in [0.25, 0.3) is 0 Å². The maximum atomic E-state index is 14.2. The van der Waals surface area contributed by atoms with Crippen LogP contribution in [0.5, 0.6) is 5.75 Å². The fourth-order valence-electron chi connectivity index (χ4n) is 4.70. The average Bonchev–Trinajstić information content (AvgIpc) is 3.17. The van der Waals surface area contributed by atoms with E-state index in [1.165, 1.54) is 24.3 Å². The van der Waals surface area contributed by atoms with Crippen LogP contribution in [0.4, 0.5) is 8.78 Å². The quantitative estimate of drug-likeness (QED) is 0.409. The molecule has 1 fully saturated rings. The third kappa shape index (κ3) is 3.64. The molecule has 1 aliphatic heterocycles. The van der Waals surface area contributed by atoms with Gasteiger partial charge in [-0.3, -0.25) is 0 Å². The fraction of sp³-hybridized carbons (Fsp3) is 0.192. The summed E-state index contributed by atoms with van der Waals surface area (Å²) >= 11 is 0. The molecular weight excluding hydrogens is 428 g/mol. The number of carboxylic acid groups (broad SMARTS) is 1. The Morgan fingerprint density at radius 1 is 1.00 bits per heavy atom. The van der Waals surface area contributed by atoms with E-state index in [1.807, 2.05) is 10.6 Å². The van der Waals surface area contributed by atoms with Gasteiger partial charge in [-0.05, 0) is 66.9 Å². The molecule has 0 saturated carbocycles. The Kier molecular flexibility index (Phi) is 5.34. The molecule has 4 aromatic rings. The van der Waals surface area contributed by atoms with E-state index >= 15 is 0 Å². The second-order valence-electron chi connectivity index (χ2n) is 8.13. The first-order valence-electron chi connectivity index (χ1n) is 10.7. The molecule has 168 valence electrons. The van der Waals surface area contributed by atoms with Crippen molar-refractivity contribution < 1.29 is 28.5 Å². The molecule has 0 radical (unpaired) electrons. The molecule has 0 atom stereocenters. The fourth-order valence-corrected chi connectivity index (χ4v) is 4.70. The molecule has 3 aromatic carbocycles. The third-order valence-electron chi connectivity index (χ3n) is 6.19. The largest absolute Gasteiger partial charge is 0.507 e. The molecule has 0 bridgehead atoms. The van der Waals surface area contributed by atoms with Gasteiger partial charge in [0.2, 0.25) is 0 Å². The van der Waals surface area contributed by atoms with Gasteiger partial charge in [0.1, 0.15) is 17.4 Å². The van der Waals surface area contributed by atoms with E-state index in [2.05, 4.69) is 0 Å². The molecule has 7 heteroatoms. The topological polar surface area (TPSA) is 71.7 Å². The zero-order valence-corrected chi connectivity index (χ0v) is 17.6. The van der Waals surface area contributed by atoms with Gasteiger partial charge < -0.3 is 19.5 Å². The van der Waals surface area contributed by atoms with Crippen LogP contribution < -0.4 is 0 Å². The van der Waals surface area contributed by atoms with Gasteiger partial charge in [-0.25, -0.2) is 13.6 Å². The number of aromatic nitrogens is 1. The Morgan fingerprint density at radius 3 is 2.42 bits per heavy atom. The standard InChI is InChI=1S/C26H21F2NO4/c27-17-5-7-18(8-6-17)29-21-2-1-3-22(30)24(21)23(25(29)15-10-12-33-13-11-15)16-4-9-20(28)19(14-16)26(31)32/h1-9,14-15,30H,10-13H2,(H,31,32). The predicted octanol–water partition coefficient (Wildman–Crippen LogP) is 5.87. The lowest BCUT2D eigenvalue weighted by atomic mass is 9.89. The first kappa shape index (κ1) is 21.2.